The van der Waals surface area contributed by atoms with Gasteiger partial charge in [0.2, 0.25) is 0 Å². The van der Waals surface area contributed by atoms with Gasteiger partial charge < -0.3 is 14.6 Å². The third kappa shape index (κ3) is 34.0. The van der Waals surface area contributed by atoms with Crippen molar-refractivity contribution in [3.8, 4) is 0 Å². The topological polar surface area (TPSA) is 72.8 Å². The molecule has 1 unspecified atom stereocenters. The van der Waals surface area contributed by atoms with Crippen LogP contribution < -0.4 is 0 Å². The van der Waals surface area contributed by atoms with E-state index in [-0.39, 0.29) is 31.6 Å². The van der Waals surface area contributed by atoms with E-state index in [1.165, 1.54) is 32.1 Å². The average Bonchev–Trinajstić information content (AvgIpc) is 3.06. The van der Waals surface area contributed by atoms with E-state index in [2.05, 4.69) is 98.9 Å². The molecule has 0 amide bonds. The molecule has 0 heterocycles. The normalized spacial score (nSPS) is 13.2. The number of carbonyl (C=O) groups is 2. The lowest BCUT2D eigenvalue weighted by Gasteiger charge is -2.15. The van der Waals surface area contributed by atoms with Crippen molar-refractivity contribution in [3.63, 3.8) is 0 Å². The summed E-state index contributed by atoms with van der Waals surface area (Å²) in [5.41, 5.74) is 0. The lowest BCUT2D eigenvalue weighted by Crippen LogP contribution is -2.28. The number of aliphatic hydroxyl groups is 1. The monoisotopic (exact) mass is 638 g/mol. The fraction of sp³-hybridized carbons (Fsp3) is 0.610. The molecule has 0 fully saturated rings. The van der Waals surface area contributed by atoms with E-state index < -0.39 is 6.10 Å². The second-order valence-corrected chi connectivity index (χ2v) is 11.6. The van der Waals surface area contributed by atoms with Crippen LogP contribution in [0.3, 0.4) is 0 Å². The molecular formula is C41H66O5. The summed E-state index contributed by atoms with van der Waals surface area (Å²) in [5, 5.41) is 9.52. The fourth-order valence-electron chi connectivity index (χ4n) is 4.44. The molecule has 0 aromatic rings. The summed E-state index contributed by atoms with van der Waals surface area (Å²) < 4.78 is 10.5. The Morgan fingerprint density at radius 1 is 0.522 bits per heavy atom. The smallest absolute Gasteiger partial charge is 0.306 e. The van der Waals surface area contributed by atoms with Crippen molar-refractivity contribution in [2.75, 3.05) is 13.2 Å². The van der Waals surface area contributed by atoms with Gasteiger partial charge in [-0.2, -0.15) is 0 Å². The summed E-state index contributed by atoms with van der Waals surface area (Å²) >= 11 is 0. The zero-order chi connectivity index (χ0) is 33.6. The Hall–Kier alpha value is -2.92. The Bertz CT molecular complexity index is 906. The van der Waals surface area contributed by atoms with Crippen LogP contribution in [-0.2, 0) is 19.1 Å². The first kappa shape index (κ1) is 43.1. The van der Waals surface area contributed by atoms with Crippen LogP contribution >= 0.6 is 0 Å². The summed E-state index contributed by atoms with van der Waals surface area (Å²) in [4.78, 5) is 24.2. The second kappa shape index (κ2) is 36.5. The highest BCUT2D eigenvalue weighted by molar-refractivity contribution is 5.70. The van der Waals surface area contributed by atoms with Crippen LogP contribution in [0.1, 0.15) is 142 Å². The highest BCUT2D eigenvalue weighted by Gasteiger charge is 2.15. The van der Waals surface area contributed by atoms with Crippen molar-refractivity contribution in [2.45, 2.75) is 148 Å². The molecule has 0 bridgehead atoms. The van der Waals surface area contributed by atoms with Crippen LogP contribution in [0.25, 0.3) is 0 Å². The van der Waals surface area contributed by atoms with Gasteiger partial charge in [-0.1, -0.05) is 131 Å². The Morgan fingerprint density at radius 3 is 1.48 bits per heavy atom. The molecule has 260 valence electrons. The summed E-state index contributed by atoms with van der Waals surface area (Å²) in [6.07, 6.45) is 49.2. The van der Waals surface area contributed by atoms with E-state index in [4.69, 9.17) is 9.47 Å². The predicted molar refractivity (Wildman–Crippen MR) is 196 cm³/mol. The summed E-state index contributed by atoms with van der Waals surface area (Å²) in [7, 11) is 0. The first-order chi connectivity index (χ1) is 22.6. The molecule has 0 radical (unpaired) electrons. The maximum Gasteiger partial charge on any atom is 0.306 e. The Kier molecular flexibility index (Phi) is 34.2. The number of ether oxygens (including phenoxy) is 2. The van der Waals surface area contributed by atoms with Crippen LogP contribution in [-0.4, -0.2) is 36.4 Å². The van der Waals surface area contributed by atoms with Gasteiger partial charge in [-0.15, -0.1) is 0 Å². The largest absolute Gasteiger partial charge is 0.462 e. The van der Waals surface area contributed by atoms with E-state index >= 15 is 0 Å². The number of allylic oxidation sites excluding steroid dienone is 14. The molecule has 0 saturated heterocycles. The Morgan fingerprint density at radius 2 is 0.957 bits per heavy atom. The maximum atomic E-state index is 12.1. The van der Waals surface area contributed by atoms with E-state index in [1.807, 2.05) is 0 Å². The third-order valence-corrected chi connectivity index (χ3v) is 7.17. The SMILES string of the molecule is CC/C=C\C/C=C\C/C=C\C/C=C\C/C=C\CCCC(=O)OC(CO)COC(=O)CCCCCCC/C=C\C/C=C\CCCCC. The number of hydrogen-bond acceptors (Lipinski definition) is 5. The van der Waals surface area contributed by atoms with Crippen LogP contribution in [0.2, 0.25) is 0 Å². The number of rotatable bonds is 31. The van der Waals surface area contributed by atoms with Gasteiger partial charge in [0, 0.05) is 12.8 Å². The van der Waals surface area contributed by atoms with Crippen LogP contribution in [0.5, 0.6) is 0 Å². The first-order valence-electron chi connectivity index (χ1n) is 18.1. The number of unbranched alkanes of at least 4 members (excludes halogenated alkanes) is 9. The van der Waals surface area contributed by atoms with Gasteiger partial charge in [-0.3, -0.25) is 9.59 Å². The molecule has 0 rings (SSSR count). The van der Waals surface area contributed by atoms with Crippen molar-refractivity contribution >= 4 is 11.9 Å². The van der Waals surface area contributed by atoms with E-state index in [0.29, 0.717) is 12.8 Å². The van der Waals surface area contributed by atoms with Gasteiger partial charge in [-0.05, 0) is 83.5 Å². The molecule has 5 heteroatoms. The summed E-state index contributed by atoms with van der Waals surface area (Å²) in [6, 6.07) is 0. The van der Waals surface area contributed by atoms with Crippen LogP contribution in [0.15, 0.2) is 85.1 Å². The van der Waals surface area contributed by atoms with Crippen molar-refractivity contribution in [2.24, 2.45) is 0 Å². The molecule has 1 atom stereocenters. The minimum Gasteiger partial charge on any atom is -0.462 e. The average molecular weight is 639 g/mol. The lowest BCUT2D eigenvalue weighted by molar-refractivity contribution is -0.161. The standard InChI is InChI=1S/C41H66O5/c1-3-5-7-9-11-13-15-17-19-20-22-24-26-28-30-32-34-36-41(44)46-39(37-42)38-45-40(43)35-33-31-29-27-25-23-21-18-16-14-12-10-8-6-4-2/h5,7,11-14,17-19,21-22,24,28,30,39,42H,3-4,6,8-10,15-16,20,23,25-27,29,31-38H2,1-2H3/b7-5-,13-11-,14-12-,19-17-,21-18-,24-22-,30-28-. The molecule has 0 aromatic heterocycles. The Balaban J connectivity index is 3.74. The van der Waals surface area contributed by atoms with Gasteiger partial charge in [0.05, 0.1) is 6.61 Å². The van der Waals surface area contributed by atoms with Gasteiger partial charge in [0.15, 0.2) is 6.10 Å². The van der Waals surface area contributed by atoms with E-state index in [9.17, 15) is 14.7 Å². The predicted octanol–water partition coefficient (Wildman–Crippen LogP) is 11.2. The van der Waals surface area contributed by atoms with Crippen molar-refractivity contribution < 1.29 is 24.2 Å². The van der Waals surface area contributed by atoms with Crippen molar-refractivity contribution in [3.05, 3.63) is 85.1 Å². The minimum absolute atomic E-state index is 0.101. The first-order valence-corrected chi connectivity index (χ1v) is 18.1. The van der Waals surface area contributed by atoms with Gasteiger partial charge in [0.25, 0.3) is 0 Å². The maximum absolute atomic E-state index is 12.1. The van der Waals surface area contributed by atoms with Gasteiger partial charge in [0.1, 0.15) is 6.61 Å². The molecule has 0 aliphatic rings. The highest BCUT2D eigenvalue weighted by Crippen LogP contribution is 2.10. The number of esters is 2. The molecule has 0 saturated carbocycles. The fourth-order valence-corrected chi connectivity index (χ4v) is 4.44. The number of hydrogen-bond donors (Lipinski definition) is 1. The van der Waals surface area contributed by atoms with Crippen molar-refractivity contribution in [1.29, 1.82) is 0 Å². The zero-order valence-corrected chi connectivity index (χ0v) is 29.3. The number of aliphatic hydroxyl groups excluding tert-OH is 1. The zero-order valence-electron chi connectivity index (χ0n) is 29.3. The van der Waals surface area contributed by atoms with Gasteiger partial charge >= 0.3 is 11.9 Å². The third-order valence-electron chi connectivity index (χ3n) is 7.17. The lowest BCUT2D eigenvalue weighted by atomic mass is 10.1. The van der Waals surface area contributed by atoms with Crippen LogP contribution in [0.4, 0.5) is 0 Å². The molecule has 0 aliphatic carbocycles. The molecular weight excluding hydrogens is 572 g/mol. The molecule has 1 N–H and O–H groups in total. The number of carbonyl (C=O) groups excluding carboxylic acids is 2. The molecule has 0 aliphatic heterocycles. The molecule has 46 heavy (non-hydrogen) atoms. The van der Waals surface area contributed by atoms with E-state index in [0.717, 1.165) is 77.0 Å². The van der Waals surface area contributed by atoms with Crippen LogP contribution in [0, 0.1) is 0 Å². The highest BCUT2D eigenvalue weighted by atomic mass is 16.6. The molecule has 5 nitrogen and oxygen atoms in total. The molecule has 0 aromatic carbocycles. The summed E-state index contributed by atoms with van der Waals surface area (Å²) in [6.45, 7) is 3.91. The summed E-state index contributed by atoms with van der Waals surface area (Å²) in [5.74, 6) is -0.685. The van der Waals surface area contributed by atoms with Crippen molar-refractivity contribution in [1.82, 2.24) is 0 Å². The second-order valence-electron chi connectivity index (χ2n) is 11.6. The molecule has 0 spiro atoms. The minimum atomic E-state index is -0.810. The Labute approximate surface area is 282 Å². The quantitative estimate of drug-likeness (QED) is 0.0465. The van der Waals surface area contributed by atoms with E-state index in [1.54, 1.807) is 0 Å². The van der Waals surface area contributed by atoms with Gasteiger partial charge in [-0.25, -0.2) is 0 Å².